The normalized spacial score (nSPS) is 12.6. The highest BCUT2D eigenvalue weighted by Gasteiger charge is 2.05. The van der Waals surface area contributed by atoms with E-state index in [0.29, 0.717) is 0 Å². The number of hydrogen-bond donors (Lipinski definition) is 2. The summed E-state index contributed by atoms with van der Waals surface area (Å²) in [7, 11) is 0. The van der Waals surface area contributed by atoms with Crippen LogP contribution in [0, 0.1) is 0 Å². The van der Waals surface area contributed by atoms with Crippen molar-refractivity contribution in [2.75, 3.05) is 6.61 Å². The molecular formula is C14H23NO. The lowest BCUT2D eigenvalue weighted by Gasteiger charge is -2.16. The molecule has 1 unspecified atom stereocenters. The maximum Gasteiger partial charge on any atom is 0.0584 e. The maximum atomic E-state index is 9.24. The van der Waals surface area contributed by atoms with Gasteiger partial charge in [0.25, 0.3) is 0 Å². The van der Waals surface area contributed by atoms with Crippen molar-refractivity contribution >= 4 is 0 Å². The molecule has 16 heavy (non-hydrogen) atoms. The van der Waals surface area contributed by atoms with Gasteiger partial charge in [0.2, 0.25) is 0 Å². The molecule has 0 radical (unpaired) electrons. The summed E-state index contributed by atoms with van der Waals surface area (Å²) in [5.74, 6) is 0. The van der Waals surface area contributed by atoms with Crippen molar-refractivity contribution in [3.8, 4) is 0 Å². The SMILES string of the molecule is CCCCCC(CO)NCc1ccccc1. The van der Waals surface area contributed by atoms with E-state index in [-0.39, 0.29) is 12.6 Å². The molecule has 1 aromatic rings. The van der Waals surface area contributed by atoms with Crippen LogP contribution in [0.2, 0.25) is 0 Å². The summed E-state index contributed by atoms with van der Waals surface area (Å²) < 4.78 is 0. The van der Waals surface area contributed by atoms with Gasteiger partial charge in [-0.2, -0.15) is 0 Å². The Kier molecular flexibility index (Phi) is 6.86. The highest BCUT2D eigenvalue weighted by Crippen LogP contribution is 2.04. The first-order valence-electron chi connectivity index (χ1n) is 6.25. The van der Waals surface area contributed by atoms with Crippen LogP contribution in [0.4, 0.5) is 0 Å². The van der Waals surface area contributed by atoms with Crippen LogP contribution in [0.15, 0.2) is 30.3 Å². The first-order chi connectivity index (χ1) is 7.86. The highest BCUT2D eigenvalue weighted by molar-refractivity contribution is 5.14. The molecule has 0 heterocycles. The lowest BCUT2D eigenvalue weighted by molar-refractivity contribution is 0.232. The zero-order valence-electron chi connectivity index (χ0n) is 10.2. The quantitative estimate of drug-likeness (QED) is 0.662. The van der Waals surface area contributed by atoms with Gasteiger partial charge in [0.1, 0.15) is 0 Å². The fraction of sp³-hybridized carbons (Fsp3) is 0.571. The van der Waals surface area contributed by atoms with Crippen LogP contribution in [0.3, 0.4) is 0 Å². The van der Waals surface area contributed by atoms with Crippen LogP contribution in [-0.2, 0) is 6.54 Å². The molecule has 90 valence electrons. The largest absolute Gasteiger partial charge is 0.395 e. The molecule has 0 aliphatic carbocycles. The van der Waals surface area contributed by atoms with Crippen LogP contribution in [-0.4, -0.2) is 17.8 Å². The van der Waals surface area contributed by atoms with E-state index in [1.807, 2.05) is 18.2 Å². The molecule has 2 N–H and O–H groups in total. The predicted octanol–water partition coefficient (Wildman–Crippen LogP) is 2.72. The molecule has 0 fully saturated rings. The predicted molar refractivity (Wildman–Crippen MR) is 68.3 cm³/mol. The zero-order chi connectivity index (χ0) is 11.6. The third-order valence-electron chi connectivity index (χ3n) is 2.81. The lowest BCUT2D eigenvalue weighted by atomic mass is 10.1. The number of unbranched alkanes of at least 4 members (excludes halogenated alkanes) is 2. The van der Waals surface area contributed by atoms with Crippen molar-refractivity contribution in [1.82, 2.24) is 5.32 Å². The summed E-state index contributed by atoms with van der Waals surface area (Å²) in [4.78, 5) is 0. The van der Waals surface area contributed by atoms with Gasteiger partial charge in [0.05, 0.1) is 6.61 Å². The second kappa shape index (κ2) is 8.31. The van der Waals surface area contributed by atoms with E-state index in [1.54, 1.807) is 0 Å². The summed E-state index contributed by atoms with van der Waals surface area (Å²) >= 11 is 0. The van der Waals surface area contributed by atoms with Crippen molar-refractivity contribution in [2.24, 2.45) is 0 Å². The molecule has 0 bridgehead atoms. The molecule has 0 spiro atoms. The van der Waals surface area contributed by atoms with Gasteiger partial charge in [0, 0.05) is 12.6 Å². The van der Waals surface area contributed by atoms with Crippen LogP contribution < -0.4 is 5.32 Å². The van der Waals surface area contributed by atoms with E-state index < -0.39 is 0 Å². The Morgan fingerprint density at radius 3 is 2.56 bits per heavy atom. The minimum Gasteiger partial charge on any atom is -0.395 e. The first kappa shape index (κ1) is 13.2. The number of rotatable bonds is 8. The summed E-state index contributed by atoms with van der Waals surface area (Å²) in [6, 6.07) is 10.6. The number of benzene rings is 1. The fourth-order valence-electron chi connectivity index (χ4n) is 1.76. The minimum atomic E-state index is 0.233. The van der Waals surface area contributed by atoms with Crippen molar-refractivity contribution in [2.45, 2.75) is 45.2 Å². The van der Waals surface area contributed by atoms with Gasteiger partial charge in [-0.3, -0.25) is 0 Å². The van der Waals surface area contributed by atoms with E-state index in [1.165, 1.54) is 24.8 Å². The van der Waals surface area contributed by atoms with Gasteiger partial charge in [-0.05, 0) is 12.0 Å². The Hall–Kier alpha value is -0.860. The molecule has 0 aromatic heterocycles. The molecule has 1 aromatic carbocycles. The summed E-state index contributed by atoms with van der Waals surface area (Å²) in [6.45, 7) is 3.28. The average molecular weight is 221 g/mol. The summed E-state index contributed by atoms with van der Waals surface area (Å²) in [5.41, 5.74) is 1.27. The average Bonchev–Trinajstić information content (AvgIpc) is 2.35. The highest BCUT2D eigenvalue weighted by atomic mass is 16.3. The molecule has 0 saturated carbocycles. The van der Waals surface area contributed by atoms with Gasteiger partial charge in [-0.25, -0.2) is 0 Å². The molecule has 1 atom stereocenters. The minimum absolute atomic E-state index is 0.233. The van der Waals surface area contributed by atoms with Crippen molar-refractivity contribution < 1.29 is 5.11 Å². The molecule has 2 heteroatoms. The second-order valence-corrected chi connectivity index (χ2v) is 4.24. The zero-order valence-corrected chi connectivity index (χ0v) is 10.2. The number of hydrogen-bond acceptors (Lipinski definition) is 2. The smallest absolute Gasteiger partial charge is 0.0584 e. The maximum absolute atomic E-state index is 9.24. The lowest BCUT2D eigenvalue weighted by Crippen LogP contribution is -2.31. The summed E-state index contributed by atoms with van der Waals surface area (Å²) in [6.07, 6.45) is 4.75. The van der Waals surface area contributed by atoms with Crippen LogP contribution in [0.1, 0.15) is 38.2 Å². The monoisotopic (exact) mass is 221 g/mol. The Balaban J connectivity index is 2.23. The van der Waals surface area contributed by atoms with E-state index in [0.717, 1.165) is 13.0 Å². The van der Waals surface area contributed by atoms with Crippen molar-refractivity contribution in [3.63, 3.8) is 0 Å². The Morgan fingerprint density at radius 2 is 1.94 bits per heavy atom. The van der Waals surface area contributed by atoms with E-state index in [9.17, 15) is 5.11 Å². The van der Waals surface area contributed by atoms with E-state index in [4.69, 9.17) is 0 Å². The van der Waals surface area contributed by atoms with Crippen LogP contribution >= 0.6 is 0 Å². The molecule has 1 rings (SSSR count). The molecule has 0 amide bonds. The van der Waals surface area contributed by atoms with Crippen molar-refractivity contribution in [1.29, 1.82) is 0 Å². The second-order valence-electron chi connectivity index (χ2n) is 4.24. The van der Waals surface area contributed by atoms with Gasteiger partial charge >= 0.3 is 0 Å². The van der Waals surface area contributed by atoms with Gasteiger partial charge < -0.3 is 10.4 Å². The standard InChI is InChI=1S/C14H23NO/c1-2-3-5-10-14(12-16)15-11-13-8-6-4-7-9-13/h4,6-9,14-16H,2-3,5,10-12H2,1H3. The first-order valence-corrected chi connectivity index (χ1v) is 6.25. The molecular weight excluding hydrogens is 198 g/mol. The Bertz CT molecular complexity index is 261. The number of aliphatic hydroxyl groups is 1. The van der Waals surface area contributed by atoms with E-state index in [2.05, 4.69) is 24.4 Å². The molecule has 0 aliphatic heterocycles. The third kappa shape index (κ3) is 5.29. The van der Waals surface area contributed by atoms with E-state index >= 15 is 0 Å². The topological polar surface area (TPSA) is 32.3 Å². The van der Waals surface area contributed by atoms with Crippen LogP contribution in [0.5, 0.6) is 0 Å². The Morgan fingerprint density at radius 1 is 1.19 bits per heavy atom. The molecule has 0 aliphatic rings. The third-order valence-corrected chi connectivity index (χ3v) is 2.81. The van der Waals surface area contributed by atoms with Gasteiger partial charge in [-0.15, -0.1) is 0 Å². The van der Waals surface area contributed by atoms with Gasteiger partial charge in [-0.1, -0.05) is 56.5 Å². The molecule has 0 saturated heterocycles. The summed E-state index contributed by atoms with van der Waals surface area (Å²) in [5, 5.41) is 12.6. The molecule has 2 nitrogen and oxygen atoms in total. The Labute approximate surface area is 98.7 Å². The van der Waals surface area contributed by atoms with Gasteiger partial charge in [0.15, 0.2) is 0 Å². The number of nitrogens with one attached hydrogen (secondary N) is 1. The van der Waals surface area contributed by atoms with Crippen LogP contribution in [0.25, 0.3) is 0 Å². The number of aliphatic hydroxyl groups excluding tert-OH is 1. The fourth-order valence-corrected chi connectivity index (χ4v) is 1.76. The van der Waals surface area contributed by atoms with Crippen molar-refractivity contribution in [3.05, 3.63) is 35.9 Å².